The summed E-state index contributed by atoms with van der Waals surface area (Å²) in [6.07, 6.45) is 1.03. The van der Waals surface area contributed by atoms with Gasteiger partial charge in [-0.25, -0.2) is 12.8 Å². The molecule has 1 aromatic heterocycles. The molecule has 0 spiro atoms. The number of fused-ring (bicyclic) bond motifs is 1. The molecule has 3 heterocycles. The van der Waals surface area contributed by atoms with Gasteiger partial charge in [-0.15, -0.1) is 11.3 Å². The second-order valence-corrected chi connectivity index (χ2v) is 9.30. The molecule has 5 nitrogen and oxygen atoms in total. The first-order chi connectivity index (χ1) is 12.0. The minimum Gasteiger partial charge on any atom is -0.494 e. The van der Waals surface area contributed by atoms with Gasteiger partial charge in [0.2, 0.25) is 10.0 Å². The molecule has 0 radical (unpaired) electrons. The first kappa shape index (κ1) is 17.0. The Morgan fingerprint density at radius 3 is 2.80 bits per heavy atom. The molecule has 1 saturated heterocycles. The van der Waals surface area contributed by atoms with Crippen LogP contribution in [-0.2, 0) is 23.0 Å². The standard InChI is InChI=1S/C17H19FN2O3S2/c1-23-16-3-2-14(8-15(16)18)25(21,22)20-10-13(11-20)19-6-4-17-12(9-19)5-7-24-17/h2-3,5,7-8,13H,4,6,9-11H2,1H3. The quantitative estimate of drug-likeness (QED) is 0.814. The van der Waals surface area contributed by atoms with Crippen molar-refractivity contribution in [3.63, 3.8) is 0 Å². The maximum absolute atomic E-state index is 13.8. The van der Waals surface area contributed by atoms with E-state index >= 15 is 0 Å². The van der Waals surface area contributed by atoms with Crippen molar-refractivity contribution in [2.75, 3.05) is 26.7 Å². The highest BCUT2D eigenvalue weighted by atomic mass is 32.2. The van der Waals surface area contributed by atoms with Crippen LogP contribution < -0.4 is 4.74 Å². The Morgan fingerprint density at radius 1 is 1.28 bits per heavy atom. The van der Waals surface area contributed by atoms with Crippen molar-refractivity contribution in [1.29, 1.82) is 0 Å². The van der Waals surface area contributed by atoms with E-state index in [1.54, 1.807) is 11.3 Å². The smallest absolute Gasteiger partial charge is 0.243 e. The number of rotatable bonds is 4. The first-order valence-corrected chi connectivity index (χ1v) is 10.4. The fourth-order valence-electron chi connectivity index (χ4n) is 3.38. The van der Waals surface area contributed by atoms with Crippen molar-refractivity contribution in [2.45, 2.75) is 23.9 Å². The monoisotopic (exact) mass is 382 g/mol. The van der Waals surface area contributed by atoms with Crippen LogP contribution in [0.3, 0.4) is 0 Å². The van der Waals surface area contributed by atoms with Gasteiger partial charge in [0.1, 0.15) is 0 Å². The van der Waals surface area contributed by atoms with Crippen LogP contribution in [0.1, 0.15) is 10.4 Å². The summed E-state index contributed by atoms with van der Waals surface area (Å²) in [5, 5.41) is 2.12. The molecule has 8 heteroatoms. The van der Waals surface area contributed by atoms with Crippen LogP contribution in [0.4, 0.5) is 4.39 Å². The zero-order valence-electron chi connectivity index (χ0n) is 13.8. The van der Waals surface area contributed by atoms with E-state index < -0.39 is 15.8 Å². The Bertz CT molecular complexity index is 891. The van der Waals surface area contributed by atoms with Crippen molar-refractivity contribution >= 4 is 21.4 Å². The van der Waals surface area contributed by atoms with Crippen LogP contribution in [0.25, 0.3) is 0 Å². The highest BCUT2D eigenvalue weighted by Gasteiger charge is 2.40. The number of halogens is 1. The lowest BCUT2D eigenvalue weighted by molar-refractivity contribution is 0.0775. The fraction of sp³-hybridized carbons (Fsp3) is 0.412. The second-order valence-electron chi connectivity index (χ2n) is 6.36. The number of sulfonamides is 1. The van der Waals surface area contributed by atoms with Gasteiger partial charge in [-0.2, -0.15) is 4.31 Å². The fourth-order valence-corrected chi connectivity index (χ4v) is 5.80. The molecule has 0 bridgehead atoms. The molecular formula is C17H19FN2O3S2. The van der Waals surface area contributed by atoms with Crippen molar-refractivity contribution < 1.29 is 17.5 Å². The van der Waals surface area contributed by atoms with Crippen LogP contribution in [0.2, 0.25) is 0 Å². The topological polar surface area (TPSA) is 49.9 Å². The summed E-state index contributed by atoms with van der Waals surface area (Å²) >= 11 is 1.79. The minimum atomic E-state index is -3.66. The van der Waals surface area contributed by atoms with Crippen molar-refractivity contribution in [3.05, 3.63) is 45.9 Å². The summed E-state index contributed by atoms with van der Waals surface area (Å²) < 4.78 is 45.4. The Labute approximate surface area is 150 Å². The number of benzene rings is 1. The van der Waals surface area contributed by atoms with Crippen LogP contribution in [0.15, 0.2) is 34.5 Å². The molecule has 0 saturated carbocycles. The summed E-state index contributed by atoms with van der Waals surface area (Å²) in [6, 6.07) is 6.15. The van der Waals surface area contributed by atoms with Gasteiger partial charge in [0.05, 0.1) is 12.0 Å². The molecule has 2 aliphatic heterocycles. The van der Waals surface area contributed by atoms with Crippen LogP contribution in [0.5, 0.6) is 5.75 Å². The summed E-state index contributed by atoms with van der Waals surface area (Å²) in [7, 11) is -2.31. The molecule has 134 valence electrons. The Kier molecular flexibility index (Phi) is 4.31. The molecular weight excluding hydrogens is 363 g/mol. The highest BCUT2D eigenvalue weighted by molar-refractivity contribution is 7.89. The van der Waals surface area contributed by atoms with Gasteiger partial charge in [-0.1, -0.05) is 0 Å². The molecule has 1 aromatic carbocycles. The molecule has 0 N–H and O–H groups in total. The van der Waals surface area contributed by atoms with Gasteiger partial charge >= 0.3 is 0 Å². The van der Waals surface area contributed by atoms with E-state index in [4.69, 9.17) is 4.74 Å². The Hall–Kier alpha value is -1.48. The van der Waals surface area contributed by atoms with Gasteiger partial charge in [-0.05, 0) is 41.6 Å². The summed E-state index contributed by atoms with van der Waals surface area (Å²) in [4.78, 5) is 3.76. The Morgan fingerprint density at radius 2 is 2.08 bits per heavy atom. The van der Waals surface area contributed by atoms with Gasteiger partial charge in [0, 0.05) is 37.1 Å². The molecule has 0 atom stereocenters. The molecule has 25 heavy (non-hydrogen) atoms. The molecule has 0 unspecified atom stereocenters. The second kappa shape index (κ2) is 6.35. The van der Waals surface area contributed by atoms with E-state index in [0.29, 0.717) is 13.1 Å². The van der Waals surface area contributed by atoms with Crippen LogP contribution in [0, 0.1) is 5.82 Å². The highest BCUT2D eigenvalue weighted by Crippen LogP contribution is 2.31. The molecule has 4 rings (SSSR count). The minimum absolute atomic E-state index is 0.0250. The largest absolute Gasteiger partial charge is 0.494 e. The van der Waals surface area contributed by atoms with E-state index in [0.717, 1.165) is 25.6 Å². The average Bonchev–Trinajstić information content (AvgIpc) is 3.01. The van der Waals surface area contributed by atoms with Gasteiger partial charge < -0.3 is 4.74 Å². The summed E-state index contributed by atoms with van der Waals surface area (Å²) in [5.74, 6) is -0.623. The predicted octanol–water partition coefficient (Wildman–Crippen LogP) is 2.33. The predicted molar refractivity (Wildman–Crippen MR) is 93.9 cm³/mol. The molecule has 1 fully saturated rings. The number of nitrogens with zero attached hydrogens (tertiary/aromatic N) is 2. The number of hydrogen-bond acceptors (Lipinski definition) is 5. The molecule has 2 aliphatic rings. The number of ether oxygens (including phenoxy) is 1. The zero-order chi connectivity index (χ0) is 17.6. The van der Waals surface area contributed by atoms with E-state index in [2.05, 4.69) is 16.3 Å². The van der Waals surface area contributed by atoms with Gasteiger partial charge in [0.15, 0.2) is 11.6 Å². The first-order valence-electron chi connectivity index (χ1n) is 8.12. The SMILES string of the molecule is COc1ccc(S(=O)(=O)N2CC(N3CCc4sccc4C3)C2)cc1F. The Balaban J connectivity index is 1.44. The van der Waals surface area contributed by atoms with Gasteiger partial charge in [0.25, 0.3) is 0 Å². The summed E-state index contributed by atoms with van der Waals surface area (Å²) in [5.41, 5.74) is 1.36. The van der Waals surface area contributed by atoms with Crippen LogP contribution in [-0.4, -0.2) is 50.4 Å². The third-order valence-electron chi connectivity index (χ3n) is 4.94. The van der Waals surface area contributed by atoms with E-state index in [1.807, 2.05) is 0 Å². The lowest BCUT2D eigenvalue weighted by atomic mass is 10.0. The average molecular weight is 382 g/mol. The van der Waals surface area contributed by atoms with Crippen molar-refractivity contribution in [2.24, 2.45) is 0 Å². The molecule has 0 amide bonds. The number of thiophene rings is 1. The van der Waals surface area contributed by atoms with Crippen molar-refractivity contribution in [1.82, 2.24) is 9.21 Å². The lowest BCUT2D eigenvalue weighted by Gasteiger charge is -2.45. The van der Waals surface area contributed by atoms with E-state index in [-0.39, 0.29) is 16.7 Å². The molecule has 0 aliphatic carbocycles. The van der Waals surface area contributed by atoms with Crippen LogP contribution >= 0.6 is 11.3 Å². The number of hydrogen-bond donors (Lipinski definition) is 0. The zero-order valence-corrected chi connectivity index (χ0v) is 15.4. The molecule has 2 aromatic rings. The number of methoxy groups -OCH3 is 1. The third kappa shape index (κ3) is 2.97. The third-order valence-corrected chi connectivity index (χ3v) is 7.79. The van der Waals surface area contributed by atoms with Crippen molar-refractivity contribution in [3.8, 4) is 5.75 Å². The normalized spacial score (nSPS) is 19.4. The lowest BCUT2D eigenvalue weighted by Crippen LogP contribution is -2.61. The van der Waals surface area contributed by atoms with Gasteiger partial charge in [-0.3, -0.25) is 4.90 Å². The van der Waals surface area contributed by atoms with E-state index in [1.165, 1.54) is 34.0 Å². The van der Waals surface area contributed by atoms with E-state index in [9.17, 15) is 12.8 Å². The summed E-state index contributed by atoms with van der Waals surface area (Å²) in [6.45, 7) is 2.75. The maximum Gasteiger partial charge on any atom is 0.243 e. The maximum atomic E-state index is 13.8.